The van der Waals surface area contributed by atoms with Gasteiger partial charge in [-0.2, -0.15) is 0 Å². The molecule has 29 heavy (non-hydrogen) atoms. The van der Waals surface area contributed by atoms with Gasteiger partial charge < -0.3 is 43.6 Å². The Morgan fingerprint density at radius 2 is 1.31 bits per heavy atom. The summed E-state index contributed by atoms with van der Waals surface area (Å²) < 4.78 is 63.1. The predicted octanol–water partition coefficient (Wildman–Crippen LogP) is -0.392. The lowest BCUT2D eigenvalue weighted by Crippen LogP contribution is -2.61. The molecular weight excluding hydrogens is 465 g/mol. The Labute approximate surface area is 165 Å². The van der Waals surface area contributed by atoms with Crippen LogP contribution in [0.2, 0.25) is 0 Å². The number of ether oxygens (including phenoxy) is 3. The normalized spacial score (nSPS) is 29.2. The lowest BCUT2D eigenvalue weighted by atomic mass is 9.99. The van der Waals surface area contributed by atoms with Crippen LogP contribution in [0.3, 0.4) is 0 Å². The van der Waals surface area contributed by atoms with Gasteiger partial charge in [-0.3, -0.25) is 13.6 Å². The number of hydrogen-bond acceptors (Lipinski definition) is 9. The fourth-order valence-corrected chi connectivity index (χ4v) is 4.15. The van der Waals surface area contributed by atoms with E-state index in [0.717, 1.165) is 13.5 Å². The summed E-state index contributed by atoms with van der Waals surface area (Å²) in [4.78, 5) is 54.9. The van der Waals surface area contributed by atoms with Crippen molar-refractivity contribution >= 4 is 23.5 Å². The Hall–Kier alpha value is 0.210. The van der Waals surface area contributed by atoms with Gasteiger partial charge in [0.05, 0.1) is 6.61 Å². The van der Waals surface area contributed by atoms with Gasteiger partial charge in [0.25, 0.3) is 0 Å². The van der Waals surface area contributed by atoms with Crippen LogP contribution in [0.1, 0.15) is 19.8 Å². The monoisotopic (exact) mass is 490 g/mol. The van der Waals surface area contributed by atoms with Crippen LogP contribution in [0.15, 0.2) is 0 Å². The van der Waals surface area contributed by atoms with Crippen molar-refractivity contribution in [2.75, 3.05) is 20.3 Å². The molecule has 0 aliphatic carbocycles. The van der Waals surface area contributed by atoms with Crippen molar-refractivity contribution in [2.45, 2.75) is 50.5 Å². The standard InChI is InChI=1S/C11H25O15P3/c1-3-4-5-22-6-7-8(24-27(12,13)14)9(25-28(15,16)17)10(11(21-2)23-7)26-29(18,19)20/h7-11H,3-6H2,1-2H3,(H2,12,13,14)(H2,15,16,17)(H2,18,19,20)/t7-,8+,9+,10+,11+/m1/s1. The summed E-state index contributed by atoms with van der Waals surface area (Å²) >= 11 is 0. The summed E-state index contributed by atoms with van der Waals surface area (Å²) in [6.45, 7) is 1.74. The highest BCUT2D eigenvalue weighted by Crippen LogP contribution is 2.50. The quantitative estimate of drug-likeness (QED) is 0.151. The molecule has 1 saturated heterocycles. The molecule has 0 spiro atoms. The predicted molar refractivity (Wildman–Crippen MR) is 92.1 cm³/mol. The number of phosphoric acid groups is 3. The first-order valence-corrected chi connectivity index (χ1v) is 12.7. The second-order valence-corrected chi connectivity index (χ2v) is 9.46. The third-order valence-electron chi connectivity index (χ3n) is 3.52. The molecule has 1 aliphatic heterocycles. The Bertz CT molecular complexity index is 639. The van der Waals surface area contributed by atoms with Gasteiger partial charge in [-0.1, -0.05) is 13.3 Å². The van der Waals surface area contributed by atoms with E-state index in [2.05, 4.69) is 13.6 Å². The van der Waals surface area contributed by atoms with E-state index >= 15 is 0 Å². The average molecular weight is 490 g/mol. The van der Waals surface area contributed by atoms with Crippen LogP contribution >= 0.6 is 23.5 Å². The van der Waals surface area contributed by atoms with E-state index < -0.39 is 54.2 Å². The number of methoxy groups -OCH3 is 1. The Kier molecular flexibility index (Phi) is 10.5. The van der Waals surface area contributed by atoms with Crippen LogP contribution < -0.4 is 0 Å². The maximum absolute atomic E-state index is 11.4. The molecule has 0 amide bonds. The summed E-state index contributed by atoms with van der Waals surface area (Å²) in [5.41, 5.74) is 0. The fourth-order valence-electron chi connectivity index (χ4n) is 2.48. The zero-order valence-electron chi connectivity index (χ0n) is 15.4. The summed E-state index contributed by atoms with van der Waals surface area (Å²) in [5.74, 6) is 0. The van der Waals surface area contributed by atoms with Crippen molar-refractivity contribution in [3.63, 3.8) is 0 Å². The maximum Gasteiger partial charge on any atom is 0.470 e. The maximum atomic E-state index is 11.4. The summed E-state index contributed by atoms with van der Waals surface area (Å²) in [6.07, 6.45) is -7.75. The molecule has 6 N–H and O–H groups in total. The first kappa shape index (κ1) is 27.2. The third-order valence-corrected chi connectivity index (χ3v) is 5.08. The molecule has 174 valence electrons. The largest absolute Gasteiger partial charge is 0.470 e. The summed E-state index contributed by atoms with van der Waals surface area (Å²) in [6, 6.07) is 0. The second kappa shape index (κ2) is 11.2. The highest BCUT2D eigenvalue weighted by atomic mass is 31.2. The molecule has 15 nitrogen and oxygen atoms in total. The van der Waals surface area contributed by atoms with Crippen LogP contribution in [0.4, 0.5) is 0 Å². The molecular formula is C11H25O15P3. The molecule has 1 fully saturated rings. The van der Waals surface area contributed by atoms with Crippen molar-refractivity contribution in [1.82, 2.24) is 0 Å². The van der Waals surface area contributed by atoms with Crippen molar-refractivity contribution < 1.29 is 70.8 Å². The molecule has 1 aliphatic rings. The molecule has 18 heteroatoms. The van der Waals surface area contributed by atoms with Gasteiger partial charge in [-0.05, 0) is 6.42 Å². The van der Waals surface area contributed by atoms with Gasteiger partial charge >= 0.3 is 23.5 Å². The molecule has 0 bridgehead atoms. The van der Waals surface area contributed by atoms with Gasteiger partial charge in [0.1, 0.15) is 24.4 Å². The molecule has 1 heterocycles. The first-order chi connectivity index (χ1) is 13.2. The highest BCUT2D eigenvalue weighted by molar-refractivity contribution is 7.47. The van der Waals surface area contributed by atoms with Crippen LogP contribution in [0.25, 0.3) is 0 Å². The SMILES string of the molecule is CCCCOC[C@H]1O[C@H](OC)[C@@H](OP(=O)(O)O)[C@@H](OP(=O)(O)O)[C@H]1OP(=O)(O)O. The average Bonchev–Trinajstić information content (AvgIpc) is 2.52. The molecule has 0 radical (unpaired) electrons. The van der Waals surface area contributed by atoms with Crippen molar-refractivity contribution in [2.24, 2.45) is 0 Å². The van der Waals surface area contributed by atoms with E-state index in [-0.39, 0.29) is 13.2 Å². The summed E-state index contributed by atoms with van der Waals surface area (Å²) in [7, 11) is -14.9. The molecule has 0 unspecified atom stereocenters. The number of unbranched alkanes of at least 4 members (excludes halogenated alkanes) is 1. The molecule has 1 rings (SSSR count). The molecule has 5 atom stereocenters. The van der Waals surface area contributed by atoms with Crippen molar-refractivity contribution in [3.05, 3.63) is 0 Å². The van der Waals surface area contributed by atoms with E-state index in [1.165, 1.54) is 0 Å². The van der Waals surface area contributed by atoms with Gasteiger partial charge in [-0.25, -0.2) is 13.7 Å². The van der Waals surface area contributed by atoms with Gasteiger partial charge in [-0.15, -0.1) is 0 Å². The zero-order valence-corrected chi connectivity index (χ0v) is 18.1. The summed E-state index contributed by atoms with van der Waals surface area (Å²) in [5, 5.41) is 0. The molecule has 0 aromatic rings. The third kappa shape index (κ3) is 10.4. The Morgan fingerprint density at radius 1 is 0.828 bits per heavy atom. The van der Waals surface area contributed by atoms with E-state index in [9.17, 15) is 33.3 Å². The minimum atomic E-state index is -5.36. The Balaban J connectivity index is 3.29. The minimum absolute atomic E-state index is 0.225. The second-order valence-electron chi connectivity index (χ2n) is 5.89. The lowest BCUT2D eigenvalue weighted by molar-refractivity contribution is -0.287. The van der Waals surface area contributed by atoms with E-state index in [1.807, 2.05) is 6.92 Å². The van der Waals surface area contributed by atoms with E-state index in [1.54, 1.807) is 0 Å². The minimum Gasteiger partial charge on any atom is -0.379 e. The number of rotatable bonds is 12. The van der Waals surface area contributed by atoms with Crippen LogP contribution in [-0.4, -0.2) is 80.4 Å². The molecule has 0 aromatic heterocycles. The van der Waals surface area contributed by atoms with Crippen LogP contribution in [0, 0.1) is 0 Å². The van der Waals surface area contributed by atoms with Crippen LogP contribution in [0.5, 0.6) is 0 Å². The molecule has 0 saturated carbocycles. The van der Waals surface area contributed by atoms with Gasteiger partial charge in [0.15, 0.2) is 6.29 Å². The number of phosphoric ester groups is 3. The smallest absolute Gasteiger partial charge is 0.379 e. The first-order valence-electron chi connectivity index (χ1n) is 8.14. The molecule has 0 aromatic carbocycles. The zero-order chi connectivity index (χ0) is 22.5. The van der Waals surface area contributed by atoms with Crippen LogP contribution in [-0.2, 0) is 41.5 Å². The lowest BCUT2D eigenvalue weighted by Gasteiger charge is -2.44. The Morgan fingerprint density at radius 3 is 1.76 bits per heavy atom. The fraction of sp³-hybridized carbons (Fsp3) is 1.00. The van der Waals surface area contributed by atoms with Crippen molar-refractivity contribution in [1.29, 1.82) is 0 Å². The van der Waals surface area contributed by atoms with Crippen molar-refractivity contribution in [3.8, 4) is 0 Å². The highest BCUT2D eigenvalue weighted by Gasteiger charge is 2.54. The van der Waals surface area contributed by atoms with Gasteiger partial charge in [0, 0.05) is 13.7 Å². The topological polar surface area (TPSA) is 228 Å². The van der Waals surface area contributed by atoms with Gasteiger partial charge in [0.2, 0.25) is 0 Å². The van der Waals surface area contributed by atoms with E-state index in [4.69, 9.17) is 24.0 Å². The number of hydrogen-bond donors (Lipinski definition) is 6. The van der Waals surface area contributed by atoms with E-state index in [0.29, 0.717) is 6.42 Å².